The van der Waals surface area contributed by atoms with Crippen LogP contribution in [0.25, 0.3) is 5.52 Å². The highest BCUT2D eigenvalue weighted by atomic mass is 16.4. The van der Waals surface area contributed by atoms with Crippen LogP contribution in [0.5, 0.6) is 0 Å². The van der Waals surface area contributed by atoms with Crippen LogP contribution in [0, 0.1) is 0 Å². The molecule has 1 aliphatic heterocycles. The van der Waals surface area contributed by atoms with Crippen LogP contribution in [0.4, 0.5) is 0 Å². The molecule has 3 heterocycles. The van der Waals surface area contributed by atoms with Crippen LogP contribution >= 0.6 is 0 Å². The summed E-state index contributed by atoms with van der Waals surface area (Å²) in [5.74, 6) is -1.46. The third-order valence-corrected chi connectivity index (χ3v) is 3.54. The Hall–Kier alpha value is -2.41. The minimum Gasteiger partial charge on any atom is -0.478 e. The summed E-state index contributed by atoms with van der Waals surface area (Å²) in [6.45, 7) is 1.57. The second-order valence-corrected chi connectivity index (χ2v) is 4.79. The SMILES string of the molecule is O=C(O)c1ccc2c(C(=O)O)nc(C3CCNC3)n2c1. The van der Waals surface area contributed by atoms with Crippen molar-refractivity contribution in [2.45, 2.75) is 12.3 Å². The van der Waals surface area contributed by atoms with Crippen molar-refractivity contribution in [1.82, 2.24) is 14.7 Å². The maximum atomic E-state index is 11.3. The highest BCUT2D eigenvalue weighted by Gasteiger charge is 2.25. The first kappa shape index (κ1) is 12.6. The lowest BCUT2D eigenvalue weighted by atomic mass is 10.1. The van der Waals surface area contributed by atoms with Gasteiger partial charge in [-0.1, -0.05) is 0 Å². The Morgan fingerprint density at radius 3 is 2.70 bits per heavy atom. The first-order chi connectivity index (χ1) is 9.58. The average molecular weight is 275 g/mol. The molecule has 0 bridgehead atoms. The van der Waals surface area contributed by atoms with E-state index in [1.54, 1.807) is 4.40 Å². The lowest BCUT2D eigenvalue weighted by molar-refractivity contribution is 0.0684. The van der Waals surface area contributed by atoms with Gasteiger partial charge in [0.05, 0.1) is 11.1 Å². The number of rotatable bonds is 3. The fourth-order valence-corrected chi connectivity index (χ4v) is 2.56. The number of aromatic nitrogens is 2. The van der Waals surface area contributed by atoms with E-state index in [4.69, 9.17) is 5.11 Å². The number of imidazole rings is 1. The quantitative estimate of drug-likeness (QED) is 0.765. The number of hydrogen-bond acceptors (Lipinski definition) is 4. The maximum Gasteiger partial charge on any atom is 0.356 e. The van der Waals surface area contributed by atoms with Crippen molar-refractivity contribution in [3.63, 3.8) is 0 Å². The molecule has 0 radical (unpaired) electrons. The van der Waals surface area contributed by atoms with Gasteiger partial charge in [-0.05, 0) is 25.1 Å². The van der Waals surface area contributed by atoms with Gasteiger partial charge in [0.2, 0.25) is 0 Å². The number of carbonyl (C=O) groups is 2. The van der Waals surface area contributed by atoms with Gasteiger partial charge in [-0.3, -0.25) is 0 Å². The summed E-state index contributed by atoms with van der Waals surface area (Å²) in [4.78, 5) is 26.5. The van der Waals surface area contributed by atoms with Gasteiger partial charge in [-0.2, -0.15) is 0 Å². The standard InChI is InChI=1S/C13H13N3O4/c17-12(18)8-1-2-9-10(13(19)20)15-11(16(9)6-8)7-3-4-14-5-7/h1-2,6-7,14H,3-5H2,(H,17,18)(H,19,20). The van der Waals surface area contributed by atoms with Gasteiger partial charge in [0, 0.05) is 18.7 Å². The van der Waals surface area contributed by atoms with Crippen molar-refractivity contribution in [1.29, 1.82) is 0 Å². The fraction of sp³-hybridized carbons (Fsp3) is 0.308. The molecular weight excluding hydrogens is 262 g/mol. The van der Waals surface area contributed by atoms with E-state index in [2.05, 4.69) is 10.3 Å². The monoisotopic (exact) mass is 275 g/mol. The minimum absolute atomic E-state index is 0.0381. The van der Waals surface area contributed by atoms with Crippen molar-refractivity contribution in [2.24, 2.45) is 0 Å². The number of nitrogens with one attached hydrogen (secondary N) is 1. The predicted molar refractivity (Wildman–Crippen MR) is 69.3 cm³/mol. The van der Waals surface area contributed by atoms with Crippen LogP contribution in [0.1, 0.15) is 39.0 Å². The molecule has 1 unspecified atom stereocenters. The van der Waals surface area contributed by atoms with E-state index < -0.39 is 11.9 Å². The molecule has 0 aromatic carbocycles. The van der Waals surface area contributed by atoms with Crippen LogP contribution in [0.2, 0.25) is 0 Å². The van der Waals surface area contributed by atoms with Gasteiger partial charge in [0.25, 0.3) is 0 Å². The smallest absolute Gasteiger partial charge is 0.356 e. The Morgan fingerprint density at radius 1 is 1.30 bits per heavy atom. The largest absolute Gasteiger partial charge is 0.478 e. The molecular formula is C13H13N3O4. The topological polar surface area (TPSA) is 104 Å². The summed E-state index contributed by atoms with van der Waals surface area (Å²) in [7, 11) is 0. The molecule has 1 saturated heterocycles. The van der Waals surface area contributed by atoms with Crippen molar-refractivity contribution in [3.8, 4) is 0 Å². The number of fused-ring (bicyclic) bond motifs is 1. The molecule has 104 valence electrons. The van der Waals surface area contributed by atoms with E-state index in [0.29, 0.717) is 11.3 Å². The van der Waals surface area contributed by atoms with Crippen molar-refractivity contribution < 1.29 is 19.8 Å². The third-order valence-electron chi connectivity index (χ3n) is 3.54. The van der Waals surface area contributed by atoms with Gasteiger partial charge in [-0.15, -0.1) is 0 Å². The number of carboxylic acid groups (broad SMARTS) is 2. The van der Waals surface area contributed by atoms with Crippen molar-refractivity contribution >= 4 is 17.5 Å². The van der Waals surface area contributed by atoms with E-state index in [1.807, 2.05) is 0 Å². The maximum absolute atomic E-state index is 11.3. The van der Waals surface area contributed by atoms with Gasteiger partial charge < -0.3 is 19.9 Å². The molecule has 3 N–H and O–H groups in total. The molecule has 0 saturated carbocycles. The molecule has 7 heteroatoms. The number of nitrogens with zero attached hydrogens (tertiary/aromatic N) is 2. The van der Waals surface area contributed by atoms with Crippen molar-refractivity contribution in [2.75, 3.05) is 13.1 Å². The van der Waals surface area contributed by atoms with Crippen LogP contribution in [-0.4, -0.2) is 44.6 Å². The molecule has 0 aliphatic carbocycles. The first-order valence-electron chi connectivity index (χ1n) is 6.27. The van der Waals surface area contributed by atoms with E-state index in [1.165, 1.54) is 18.3 Å². The van der Waals surface area contributed by atoms with E-state index in [9.17, 15) is 14.7 Å². The molecule has 0 amide bonds. The summed E-state index contributed by atoms with van der Waals surface area (Å²) in [5, 5.41) is 21.5. The van der Waals surface area contributed by atoms with Gasteiger partial charge in [-0.25, -0.2) is 14.6 Å². The number of aromatic carboxylic acids is 2. The van der Waals surface area contributed by atoms with Crippen LogP contribution in [0.15, 0.2) is 18.3 Å². The Kier molecular flexibility index (Phi) is 2.90. The zero-order chi connectivity index (χ0) is 14.3. The molecule has 2 aromatic heterocycles. The number of hydrogen-bond donors (Lipinski definition) is 3. The summed E-state index contributed by atoms with van der Waals surface area (Å²) in [6.07, 6.45) is 2.29. The van der Waals surface area contributed by atoms with E-state index >= 15 is 0 Å². The molecule has 20 heavy (non-hydrogen) atoms. The van der Waals surface area contributed by atoms with Gasteiger partial charge >= 0.3 is 11.9 Å². The van der Waals surface area contributed by atoms with E-state index in [-0.39, 0.29) is 17.2 Å². The Balaban J connectivity index is 2.23. The predicted octanol–water partition coefficient (Wildman–Crippen LogP) is 0.808. The number of pyridine rings is 1. The van der Waals surface area contributed by atoms with Crippen LogP contribution < -0.4 is 5.32 Å². The molecule has 1 fully saturated rings. The van der Waals surface area contributed by atoms with Crippen LogP contribution in [-0.2, 0) is 0 Å². The zero-order valence-corrected chi connectivity index (χ0v) is 10.5. The molecule has 2 aromatic rings. The fourth-order valence-electron chi connectivity index (χ4n) is 2.56. The summed E-state index contributed by atoms with van der Waals surface area (Å²) in [5.41, 5.74) is 0.493. The van der Waals surface area contributed by atoms with Crippen LogP contribution in [0.3, 0.4) is 0 Å². The second-order valence-electron chi connectivity index (χ2n) is 4.79. The Bertz CT molecular complexity index is 701. The zero-order valence-electron chi connectivity index (χ0n) is 10.5. The van der Waals surface area contributed by atoms with Gasteiger partial charge in [0.1, 0.15) is 5.82 Å². The summed E-state index contributed by atoms with van der Waals surface area (Å²) < 4.78 is 1.59. The Labute approximate surface area is 113 Å². The lowest BCUT2D eigenvalue weighted by Gasteiger charge is -2.07. The van der Waals surface area contributed by atoms with Crippen molar-refractivity contribution in [3.05, 3.63) is 35.4 Å². The highest BCUT2D eigenvalue weighted by Crippen LogP contribution is 2.25. The first-order valence-corrected chi connectivity index (χ1v) is 6.27. The summed E-state index contributed by atoms with van der Waals surface area (Å²) >= 11 is 0. The third kappa shape index (κ3) is 1.92. The normalized spacial score (nSPS) is 18.5. The minimum atomic E-state index is -1.11. The van der Waals surface area contributed by atoms with Gasteiger partial charge in [0.15, 0.2) is 5.69 Å². The molecule has 7 nitrogen and oxygen atoms in total. The Morgan fingerprint density at radius 2 is 2.10 bits per heavy atom. The summed E-state index contributed by atoms with van der Waals surface area (Å²) in [6, 6.07) is 2.88. The number of carboxylic acids is 2. The molecule has 0 spiro atoms. The average Bonchev–Trinajstić information content (AvgIpc) is 3.04. The molecule has 1 aliphatic rings. The second kappa shape index (κ2) is 4.61. The highest BCUT2D eigenvalue weighted by molar-refractivity contribution is 5.95. The lowest BCUT2D eigenvalue weighted by Crippen LogP contribution is -2.10. The molecule has 1 atom stereocenters. The molecule has 3 rings (SSSR count). The van der Waals surface area contributed by atoms with E-state index in [0.717, 1.165) is 19.5 Å².